The first-order chi connectivity index (χ1) is 14.3. The lowest BCUT2D eigenvalue weighted by Crippen LogP contribution is -2.49. The van der Waals surface area contributed by atoms with Crippen molar-refractivity contribution in [2.24, 2.45) is 0 Å². The average Bonchev–Trinajstić information content (AvgIpc) is 2.72. The van der Waals surface area contributed by atoms with E-state index in [9.17, 15) is 9.90 Å². The van der Waals surface area contributed by atoms with Gasteiger partial charge in [0.25, 0.3) is 0 Å². The molecule has 0 amide bonds. The average molecular weight is 415 g/mol. The third-order valence-corrected chi connectivity index (χ3v) is 5.69. The molecule has 0 aliphatic carbocycles. The Balaban J connectivity index is 1.51. The molecule has 1 aromatic carbocycles. The van der Waals surface area contributed by atoms with E-state index in [2.05, 4.69) is 16.7 Å². The van der Waals surface area contributed by atoms with E-state index in [0.717, 1.165) is 38.1 Å². The molecule has 7 heteroatoms. The fourth-order valence-corrected chi connectivity index (χ4v) is 3.96. The third kappa shape index (κ3) is 4.53. The molecular formula is C23H30N2O5. The van der Waals surface area contributed by atoms with E-state index >= 15 is 0 Å². The van der Waals surface area contributed by atoms with Crippen LogP contribution in [0, 0.1) is 0 Å². The van der Waals surface area contributed by atoms with Crippen molar-refractivity contribution in [3.8, 4) is 11.5 Å². The summed E-state index contributed by atoms with van der Waals surface area (Å²) in [5, 5.41) is 11.3. The summed E-state index contributed by atoms with van der Waals surface area (Å²) in [6.07, 6.45) is 3.22. The van der Waals surface area contributed by atoms with Gasteiger partial charge in [-0.05, 0) is 44.7 Å². The van der Waals surface area contributed by atoms with Gasteiger partial charge in [-0.1, -0.05) is 6.92 Å². The van der Waals surface area contributed by atoms with Crippen LogP contribution in [0.4, 0.5) is 0 Å². The van der Waals surface area contributed by atoms with Crippen LogP contribution in [0.25, 0.3) is 17.0 Å². The summed E-state index contributed by atoms with van der Waals surface area (Å²) < 4.78 is 17.6. The third-order valence-electron chi connectivity index (χ3n) is 5.69. The van der Waals surface area contributed by atoms with Crippen molar-refractivity contribution in [2.45, 2.75) is 32.5 Å². The highest BCUT2D eigenvalue weighted by Gasteiger charge is 2.28. The van der Waals surface area contributed by atoms with Crippen molar-refractivity contribution in [1.29, 1.82) is 0 Å². The molecule has 0 radical (unpaired) electrons. The number of hydrogen-bond donors (Lipinski definition) is 1. The first kappa shape index (κ1) is 20.9. The second-order valence-corrected chi connectivity index (χ2v) is 8.53. The van der Waals surface area contributed by atoms with Crippen LogP contribution < -0.4 is 15.1 Å². The van der Waals surface area contributed by atoms with Gasteiger partial charge in [0.2, 0.25) is 0 Å². The molecule has 162 valence electrons. The Kier molecular flexibility index (Phi) is 5.86. The zero-order valence-corrected chi connectivity index (χ0v) is 17.9. The number of ether oxygens (including phenoxy) is 2. The quantitative estimate of drug-likeness (QED) is 0.727. The van der Waals surface area contributed by atoms with Gasteiger partial charge in [0.15, 0.2) is 11.5 Å². The number of likely N-dealkylation sites (N-methyl/N-ethyl adjacent to an activating group) is 1. The molecule has 2 aliphatic heterocycles. The molecule has 7 nitrogen and oxygen atoms in total. The van der Waals surface area contributed by atoms with Crippen molar-refractivity contribution >= 4 is 17.0 Å². The predicted octanol–water partition coefficient (Wildman–Crippen LogP) is 2.35. The summed E-state index contributed by atoms with van der Waals surface area (Å²) in [5.74, 6) is 1.08. The van der Waals surface area contributed by atoms with E-state index in [-0.39, 0.29) is 6.61 Å². The highest BCUT2D eigenvalue weighted by atomic mass is 16.5. The van der Waals surface area contributed by atoms with Gasteiger partial charge in [0.1, 0.15) is 23.9 Å². The monoisotopic (exact) mass is 414 g/mol. The zero-order valence-electron chi connectivity index (χ0n) is 17.9. The Bertz CT molecular complexity index is 989. The molecule has 2 aliphatic rings. The maximum absolute atomic E-state index is 11.7. The lowest BCUT2D eigenvalue weighted by Gasteiger charge is -2.35. The summed E-state index contributed by atoms with van der Waals surface area (Å²) in [7, 11) is 0. The van der Waals surface area contributed by atoms with Crippen LogP contribution in [0.2, 0.25) is 0 Å². The molecule has 1 unspecified atom stereocenters. The van der Waals surface area contributed by atoms with E-state index < -0.39 is 17.3 Å². The number of benzene rings is 1. The SMILES string of the molecule is CCN1CCN(CC(O)COc2cc3ccc(=O)oc3c3c2OC(C)(C)C=C3)CC1. The van der Waals surface area contributed by atoms with Crippen molar-refractivity contribution < 1.29 is 19.0 Å². The van der Waals surface area contributed by atoms with Crippen molar-refractivity contribution in [3.05, 3.63) is 40.3 Å². The summed E-state index contributed by atoms with van der Waals surface area (Å²) >= 11 is 0. The molecule has 4 rings (SSSR count). The number of β-amino-alcohol motifs (C(OH)–C–C–N with tert-alkyl or cyclic N) is 1. The zero-order chi connectivity index (χ0) is 21.3. The van der Waals surface area contributed by atoms with E-state index in [1.54, 1.807) is 12.1 Å². The number of aliphatic hydroxyl groups excluding tert-OH is 1. The minimum Gasteiger partial charge on any atom is -0.487 e. The minimum absolute atomic E-state index is 0.163. The smallest absolute Gasteiger partial charge is 0.336 e. The molecule has 1 saturated heterocycles. The highest BCUT2D eigenvalue weighted by Crippen LogP contribution is 2.43. The predicted molar refractivity (Wildman–Crippen MR) is 116 cm³/mol. The molecule has 0 spiro atoms. The summed E-state index contributed by atoms with van der Waals surface area (Å²) in [5.41, 5.74) is 0.247. The first-order valence-corrected chi connectivity index (χ1v) is 10.6. The lowest BCUT2D eigenvalue weighted by atomic mass is 10.00. The number of piperazine rings is 1. The Morgan fingerprint density at radius 1 is 1.20 bits per heavy atom. The Morgan fingerprint density at radius 3 is 2.67 bits per heavy atom. The van der Waals surface area contributed by atoms with E-state index in [1.165, 1.54) is 6.07 Å². The van der Waals surface area contributed by atoms with Gasteiger partial charge in [-0.2, -0.15) is 0 Å². The van der Waals surface area contributed by atoms with Gasteiger partial charge in [-0.25, -0.2) is 4.79 Å². The topological polar surface area (TPSA) is 75.4 Å². The molecule has 1 atom stereocenters. The maximum Gasteiger partial charge on any atom is 0.336 e. The second-order valence-electron chi connectivity index (χ2n) is 8.53. The van der Waals surface area contributed by atoms with Crippen LogP contribution in [0.1, 0.15) is 26.3 Å². The van der Waals surface area contributed by atoms with E-state index in [0.29, 0.717) is 29.2 Å². The number of nitrogens with zero attached hydrogens (tertiary/aromatic N) is 2. The molecule has 1 aromatic heterocycles. The second kappa shape index (κ2) is 8.41. The minimum atomic E-state index is -0.606. The normalized spacial score (nSPS) is 20.0. The molecular weight excluding hydrogens is 384 g/mol. The van der Waals surface area contributed by atoms with Gasteiger partial charge < -0.3 is 23.9 Å². The van der Waals surface area contributed by atoms with Crippen LogP contribution >= 0.6 is 0 Å². The molecule has 3 heterocycles. The van der Waals surface area contributed by atoms with Gasteiger partial charge >= 0.3 is 5.63 Å². The fraction of sp³-hybridized carbons (Fsp3) is 0.522. The van der Waals surface area contributed by atoms with Crippen LogP contribution in [-0.2, 0) is 0 Å². The lowest BCUT2D eigenvalue weighted by molar-refractivity contribution is 0.0453. The molecule has 1 fully saturated rings. The van der Waals surface area contributed by atoms with Crippen molar-refractivity contribution in [1.82, 2.24) is 9.80 Å². The molecule has 1 N–H and O–H groups in total. The highest BCUT2D eigenvalue weighted by molar-refractivity contribution is 5.91. The standard InChI is InChI=1S/C23H30N2O5/c1-4-24-9-11-25(12-10-24)14-17(26)15-28-19-13-16-5-6-20(27)29-21(16)18-7-8-23(2,3)30-22(18)19/h5-8,13,17,26H,4,9-12,14-15H2,1-3H3. The number of fused-ring (bicyclic) bond motifs is 3. The van der Waals surface area contributed by atoms with E-state index in [4.69, 9.17) is 13.9 Å². The molecule has 0 bridgehead atoms. The van der Waals surface area contributed by atoms with Gasteiger partial charge in [-0.15, -0.1) is 0 Å². The Morgan fingerprint density at radius 2 is 1.93 bits per heavy atom. The van der Waals surface area contributed by atoms with Crippen LogP contribution in [0.5, 0.6) is 11.5 Å². The first-order valence-electron chi connectivity index (χ1n) is 10.6. The maximum atomic E-state index is 11.7. The van der Waals surface area contributed by atoms with E-state index in [1.807, 2.05) is 26.0 Å². The molecule has 0 saturated carbocycles. The number of hydrogen-bond acceptors (Lipinski definition) is 7. The Hall–Kier alpha value is -2.35. The van der Waals surface area contributed by atoms with Gasteiger partial charge in [-0.3, -0.25) is 4.90 Å². The van der Waals surface area contributed by atoms with Crippen LogP contribution in [0.3, 0.4) is 0 Å². The fourth-order valence-electron chi connectivity index (χ4n) is 3.96. The van der Waals surface area contributed by atoms with Crippen molar-refractivity contribution in [2.75, 3.05) is 45.9 Å². The summed E-state index contributed by atoms with van der Waals surface area (Å²) in [6, 6.07) is 4.91. The Labute approximate surface area is 176 Å². The number of aliphatic hydroxyl groups is 1. The van der Waals surface area contributed by atoms with Crippen LogP contribution in [0.15, 0.2) is 33.5 Å². The van der Waals surface area contributed by atoms with Gasteiger partial charge in [0, 0.05) is 44.2 Å². The molecule has 2 aromatic rings. The van der Waals surface area contributed by atoms with Crippen molar-refractivity contribution in [3.63, 3.8) is 0 Å². The summed E-state index contributed by atoms with van der Waals surface area (Å²) in [6.45, 7) is 11.9. The summed E-state index contributed by atoms with van der Waals surface area (Å²) in [4.78, 5) is 16.4. The van der Waals surface area contributed by atoms with Gasteiger partial charge in [0.05, 0.1) is 5.56 Å². The largest absolute Gasteiger partial charge is 0.487 e. The molecule has 30 heavy (non-hydrogen) atoms. The van der Waals surface area contributed by atoms with Crippen LogP contribution in [-0.4, -0.2) is 72.5 Å². The number of rotatable bonds is 6.